The zero-order valence-corrected chi connectivity index (χ0v) is 9.60. The number of rotatable bonds is 5. The Bertz CT molecular complexity index is 314. The highest BCUT2D eigenvalue weighted by Crippen LogP contribution is 2.19. The van der Waals surface area contributed by atoms with E-state index in [0.717, 1.165) is 18.4 Å². The van der Waals surface area contributed by atoms with Crippen LogP contribution in [0.1, 0.15) is 25.3 Å². The minimum atomic E-state index is -0.387. The molecule has 1 N–H and O–H groups in total. The lowest BCUT2D eigenvalue weighted by Gasteiger charge is -2.12. The third-order valence-electron chi connectivity index (χ3n) is 2.46. The van der Waals surface area contributed by atoms with Gasteiger partial charge in [0.25, 0.3) is 0 Å². The Morgan fingerprint density at radius 1 is 1.47 bits per heavy atom. The van der Waals surface area contributed by atoms with Gasteiger partial charge in [-0.05, 0) is 36.5 Å². The van der Waals surface area contributed by atoms with Gasteiger partial charge in [-0.2, -0.15) is 0 Å². The third kappa shape index (κ3) is 3.80. The van der Waals surface area contributed by atoms with Crippen molar-refractivity contribution in [1.82, 2.24) is 0 Å². The second-order valence-electron chi connectivity index (χ2n) is 3.79. The first-order valence-corrected chi connectivity index (χ1v) is 5.60. The van der Waals surface area contributed by atoms with Crippen molar-refractivity contribution in [1.29, 1.82) is 0 Å². The maximum absolute atomic E-state index is 13.1. The molecule has 0 bridgehead atoms. The van der Waals surface area contributed by atoms with Gasteiger partial charge in [-0.15, -0.1) is 0 Å². The molecule has 1 nitrogen and oxygen atoms in total. The predicted molar refractivity (Wildman–Crippen MR) is 60.6 cm³/mol. The first-order valence-electron chi connectivity index (χ1n) is 5.22. The van der Waals surface area contributed by atoms with Crippen molar-refractivity contribution in [2.45, 2.75) is 26.2 Å². The third-order valence-corrected chi connectivity index (χ3v) is 2.77. The van der Waals surface area contributed by atoms with E-state index in [1.165, 1.54) is 6.07 Å². The number of aliphatic hydroxyl groups is 1. The number of hydrogen-bond acceptors (Lipinski definition) is 1. The molecule has 0 amide bonds. The molecular formula is C12H16ClFO. The van der Waals surface area contributed by atoms with Gasteiger partial charge in [-0.25, -0.2) is 4.39 Å². The van der Waals surface area contributed by atoms with Crippen LogP contribution in [-0.2, 0) is 6.42 Å². The molecule has 84 valence electrons. The van der Waals surface area contributed by atoms with E-state index in [2.05, 4.69) is 6.92 Å². The highest BCUT2D eigenvalue weighted by Gasteiger charge is 2.09. The minimum absolute atomic E-state index is 0.148. The van der Waals surface area contributed by atoms with Crippen LogP contribution < -0.4 is 0 Å². The van der Waals surface area contributed by atoms with Gasteiger partial charge in [0, 0.05) is 6.61 Å². The van der Waals surface area contributed by atoms with Gasteiger partial charge in [0.2, 0.25) is 0 Å². The fraction of sp³-hybridized carbons (Fsp3) is 0.500. The van der Waals surface area contributed by atoms with Gasteiger partial charge >= 0.3 is 0 Å². The second-order valence-corrected chi connectivity index (χ2v) is 4.20. The molecule has 3 heteroatoms. The van der Waals surface area contributed by atoms with Crippen LogP contribution in [-0.4, -0.2) is 11.7 Å². The van der Waals surface area contributed by atoms with E-state index < -0.39 is 0 Å². The summed E-state index contributed by atoms with van der Waals surface area (Å²) in [6, 6.07) is 4.82. The normalized spacial score (nSPS) is 12.8. The van der Waals surface area contributed by atoms with Gasteiger partial charge in [0.1, 0.15) is 5.82 Å². The second kappa shape index (κ2) is 6.09. The monoisotopic (exact) mass is 230 g/mol. The average molecular weight is 231 g/mol. The lowest BCUT2D eigenvalue weighted by molar-refractivity contribution is 0.217. The molecule has 1 rings (SSSR count). The van der Waals surface area contributed by atoms with Crippen LogP contribution in [0.4, 0.5) is 4.39 Å². The van der Waals surface area contributed by atoms with Crippen LogP contribution in [0.25, 0.3) is 0 Å². The summed E-state index contributed by atoms with van der Waals surface area (Å²) in [4.78, 5) is 0. The van der Waals surface area contributed by atoms with Gasteiger partial charge in [0.05, 0.1) is 5.02 Å². The fourth-order valence-corrected chi connectivity index (χ4v) is 1.78. The van der Waals surface area contributed by atoms with Crippen molar-refractivity contribution in [3.8, 4) is 0 Å². The summed E-state index contributed by atoms with van der Waals surface area (Å²) in [5, 5.41) is 9.27. The lowest BCUT2D eigenvalue weighted by Crippen LogP contribution is -2.09. The number of hydrogen-bond donors (Lipinski definition) is 1. The molecule has 15 heavy (non-hydrogen) atoms. The zero-order valence-electron chi connectivity index (χ0n) is 8.84. The number of halogens is 2. The van der Waals surface area contributed by atoms with Gasteiger partial charge in [-0.1, -0.05) is 31.0 Å². The summed E-state index contributed by atoms with van der Waals surface area (Å²) >= 11 is 5.59. The van der Waals surface area contributed by atoms with E-state index in [4.69, 9.17) is 16.7 Å². The molecule has 0 saturated heterocycles. The van der Waals surface area contributed by atoms with Crippen molar-refractivity contribution in [2.75, 3.05) is 6.61 Å². The molecule has 1 aromatic rings. The minimum Gasteiger partial charge on any atom is -0.396 e. The topological polar surface area (TPSA) is 20.2 Å². The average Bonchev–Trinajstić information content (AvgIpc) is 2.23. The Hall–Kier alpha value is -0.600. The summed E-state index contributed by atoms with van der Waals surface area (Å²) in [6.07, 6.45) is 2.69. The Balaban J connectivity index is 2.66. The summed E-state index contributed by atoms with van der Waals surface area (Å²) in [5.74, 6) is -0.169. The number of benzene rings is 1. The van der Waals surface area contributed by atoms with Crippen LogP contribution in [0.5, 0.6) is 0 Å². The van der Waals surface area contributed by atoms with Gasteiger partial charge in [-0.3, -0.25) is 0 Å². The lowest BCUT2D eigenvalue weighted by atomic mass is 9.96. The highest BCUT2D eigenvalue weighted by molar-refractivity contribution is 6.30. The predicted octanol–water partition coefficient (Wildman–Crippen LogP) is 3.43. The molecule has 1 atom stereocenters. The highest BCUT2D eigenvalue weighted by atomic mass is 35.5. The van der Waals surface area contributed by atoms with Crippen molar-refractivity contribution >= 4 is 11.6 Å². The molecule has 1 unspecified atom stereocenters. The van der Waals surface area contributed by atoms with E-state index in [-0.39, 0.29) is 23.4 Å². The molecule has 1 aromatic carbocycles. The molecule has 0 spiro atoms. The molecule has 0 fully saturated rings. The molecule has 0 radical (unpaired) electrons. The van der Waals surface area contributed by atoms with Gasteiger partial charge in [0.15, 0.2) is 0 Å². The van der Waals surface area contributed by atoms with E-state index in [0.29, 0.717) is 6.42 Å². The Morgan fingerprint density at radius 2 is 2.20 bits per heavy atom. The first-order chi connectivity index (χ1) is 7.17. The van der Waals surface area contributed by atoms with Crippen LogP contribution in [0, 0.1) is 11.7 Å². The first kappa shape index (κ1) is 12.5. The van der Waals surface area contributed by atoms with E-state index >= 15 is 0 Å². The summed E-state index contributed by atoms with van der Waals surface area (Å²) in [6.45, 7) is 2.23. The van der Waals surface area contributed by atoms with Crippen LogP contribution >= 0.6 is 11.6 Å². The van der Waals surface area contributed by atoms with E-state index in [9.17, 15) is 4.39 Å². The van der Waals surface area contributed by atoms with Crippen molar-refractivity contribution in [3.63, 3.8) is 0 Å². The van der Waals surface area contributed by atoms with E-state index in [1.807, 2.05) is 6.07 Å². The van der Waals surface area contributed by atoms with E-state index in [1.54, 1.807) is 6.07 Å². The van der Waals surface area contributed by atoms with Crippen LogP contribution in [0.2, 0.25) is 5.02 Å². The molecule has 0 aliphatic carbocycles. The molecule has 0 aromatic heterocycles. The number of aliphatic hydroxyl groups excluding tert-OH is 1. The Kier molecular flexibility index (Phi) is 5.06. The van der Waals surface area contributed by atoms with Crippen molar-refractivity contribution in [2.24, 2.45) is 5.92 Å². The molecule has 0 saturated carbocycles. The molecule has 0 heterocycles. The Labute approximate surface area is 94.9 Å². The molecular weight excluding hydrogens is 215 g/mol. The largest absolute Gasteiger partial charge is 0.396 e. The standard InChI is InChI=1S/C12H16ClFO/c1-2-3-10(8-15)6-9-4-5-11(13)12(14)7-9/h4-5,7,10,15H,2-3,6,8H2,1H3. The van der Waals surface area contributed by atoms with Crippen molar-refractivity contribution < 1.29 is 9.50 Å². The Morgan fingerprint density at radius 3 is 2.73 bits per heavy atom. The quantitative estimate of drug-likeness (QED) is 0.822. The smallest absolute Gasteiger partial charge is 0.142 e. The SMILES string of the molecule is CCCC(CO)Cc1ccc(Cl)c(F)c1. The van der Waals surface area contributed by atoms with Gasteiger partial charge < -0.3 is 5.11 Å². The van der Waals surface area contributed by atoms with Crippen LogP contribution in [0.3, 0.4) is 0 Å². The van der Waals surface area contributed by atoms with Crippen LogP contribution in [0.15, 0.2) is 18.2 Å². The maximum Gasteiger partial charge on any atom is 0.142 e. The fourth-order valence-electron chi connectivity index (χ4n) is 1.67. The zero-order chi connectivity index (χ0) is 11.3. The summed E-state index contributed by atoms with van der Waals surface area (Å²) < 4.78 is 13.1. The molecule has 0 aliphatic heterocycles. The van der Waals surface area contributed by atoms with Crippen molar-refractivity contribution in [3.05, 3.63) is 34.6 Å². The summed E-state index contributed by atoms with van der Waals surface area (Å²) in [7, 11) is 0. The summed E-state index contributed by atoms with van der Waals surface area (Å²) in [5.41, 5.74) is 0.893. The molecule has 0 aliphatic rings. The maximum atomic E-state index is 13.1.